The Kier molecular flexibility index (Phi) is 9.47. The number of aliphatic hydroxyl groups excluding tert-OH is 1. The van der Waals surface area contributed by atoms with E-state index < -0.39 is 27.4 Å². The average Bonchev–Trinajstić information content (AvgIpc) is 3.58. The molecule has 0 aliphatic carbocycles. The molecule has 0 saturated carbocycles. The summed E-state index contributed by atoms with van der Waals surface area (Å²) in [5.74, 6) is -1.41. The van der Waals surface area contributed by atoms with Crippen molar-refractivity contribution in [1.29, 1.82) is 0 Å². The molecule has 2 bridgehead atoms. The number of unbranched alkanes of at least 4 members (excludes halogenated alkanes) is 2. The predicted octanol–water partition coefficient (Wildman–Crippen LogP) is 5.06. The Morgan fingerprint density at radius 3 is 2.30 bits per heavy atom. The van der Waals surface area contributed by atoms with Gasteiger partial charge < -0.3 is 19.8 Å². The molecule has 2 aromatic rings. The summed E-state index contributed by atoms with van der Waals surface area (Å²) in [4.78, 5) is 49.1. The molecule has 5 atom stereocenters. The summed E-state index contributed by atoms with van der Waals surface area (Å²) in [5, 5.41) is 9.35. The van der Waals surface area contributed by atoms with E-state index in [0.717, 1.165) is 24.1 Å². The number of likely N-dealkylation sites (tertiary alicyclic amines) is 1. The molecule has 2 unspecified atom stereocenters. The van der Waals surface area contributed by atoms with E-state index in [1.54, 1.807) is 38.6 Å². The van der Waals surface area contributed by atoms with Crippen LogP contribution in [0.25, 0.3) is 0 Å². The van der Waals surface area contributed by atoms with Gasteiger partial charge in [-0.1, -0.05) is 60.7 Å². The fourth-order valence-corrected chi connectivity index (χ4v) is 9.83. The fourth-order valence-electron chi connectivity index (χ4n) is 7.48. The van der Waals surface area contributed by atoms with Gasteiger partial charge in [-0.25, -0.2) is 0 Å². The molecule has 228 valence electrons. The molecule has 43 heavy (non-hydrogen) atoms. The van der Waals surface area contributed by atoms with Crippen molar-refractivity contribution in [3.8, 4) is 0 Å². The van der Waals surface area contributed by atoms with Gasteiger partial charge in [0.1, 0.15) is 6.04 Å². The third-order valence-corrected chi connectivity index (χ3v) is 11.3. The normalized spacial score (nSPS) is 27.2. The van der Waals surface area contributed by atoms with Crippen LogP contribution in [0.2, 0.25) is 0 Å². The van der Waals surface area contributed by atoms with Crippen LogP contribution < -0.4 is 4.90 Å². The predicted molar refractivity (Wildman–Crippen MR) is 172 cm³/mol. The van der Waals surface area contributed by atoms with E-state index in [1.165, 1.54) is 0 Å². The minimum absolute atomic E-state index is 0.0819. The van der Waals surface area contributed by atoms with Crippen LogP contribution in [0.4, 0.5) is 5.69 Å². The van der Waals surface area contributed by atoms with Gasteiger partial charge in [-0.3, -0.25) is 14.4 Å². The molecule has 3 aliphatic heterocycles. The van der Waals surface area contributed by atoms with Crippen molar-refractivity contribution in [2.24, 2.45) is 11.8 Å². The van der Waals surface area contributed by atoms with E-state index in [2.05, 4.69) is 20.1 Å². The second-order valence-corrected chi connectivity index (χ2v) is 14.0. The van der Waals surface area contributed by atoms with Crippen LogP contribution in [0.1, 0.15) is 44.6 Å². The number of amides is 3. The van der Waals surface area contributed by atoms with Crippen molar-refractivity contribution < 1.29 is 19.5 Å². The van der Waals surface area contributed by atoms with Crippen LogP contribution >= 0.6 is 11.8 Å². The highest BCUT2D eigenvalue weighted by atomic mass is 32.2. The van der Waals surface area contributed by atoms with Crippen LogP contribution in [-0.4, -0.2) is 74.4 Å². The number of carbonyl (C=O) groups excluding carboxylic acids is 3. The Balaban J connectivity index is 1.53. The maximum Gasteiger partial charge on any atom is 0.247 e. The topological polar surface area (TPSA) is 81.2 Å². The van der Waals surface area contributed by atoms with E-state index in [0.29, 0.717) is 45.4 Å². The zero-order valence-electron chi connectivity index (χ0n) is 25.1. The second kappa shape index (κ2) is 13.1. The number of aliphatic hydroxyl groups is 1. The van der Waals surface area contributed by atoms with Crippen molar-refractivity contribution in [2.45, 2.75) is 61.1 Å². The Hall–Kier alpha value is -3.36. The number of fused-ring (bicyclic) bond motifs is 1. The lowest BCUT2D eigenvalue weighted by atomic mass is 9.66. The number of para-hydroxylation sites is 1. The van der Waals surface area contributed by atoms with E-state index in [-0.39, 0.29) is 24.3 Å². The molecular formula is C35H43N3O4S. The molecule has 0 radical (unpaired) electrons. The van der Waals surface area contributed by atoms with E-state index in [4.69, 9.17) is 0 Å². The monoisotopic (exact) mass is 601 g/mol. The summed E-state index contributed by atoms with van der Waals surface area (Å²) in [6.07, 6.45) is 7.01. The standard InChI is InChI=1S/C35H43N3O4S/c1-4-21-36(25-26-15-9-6-10-16-26)33(42)30-35-20-19-34(3,43-35)28(29(35)32(41)38(30)23-13-8-14-24-39)31(40)37(22-5-2)27-17-11-7-12-18-27/h4-7,9-12,15-18,28-30,39H,1-2,8,13-14,19-25H2,3H3/t28-,29-,30?,34+,35?/m0/s1. The summed E-state index contributed by atoms with van der Waals surface area (Å²) in [6.45, 7) is 11.6. The smallest absolute Gasteiger partial charge is 0.247 e. The van der Waals surface area contributed by atoms with E-state index in [9.17, 15) is 19.5 Å². The number of hydrogen-bond acceptors (Lipinski definition) is 5. The van der Waals surface area contributed by atoms with Gasteiger partial charge in [0.2, 0.25) is 17.7 Å². The fraction of sp³-hybridized carbons (Fsp3) is 0.457. The van der Waals surface area contributed by atoms with Gasteiger partial charge in [0.15, 0.2) is 0 Å². The third kappa shape index (κ3) is 5.67. The molecule has 7 nitrogen and oxygen atoms in total. The van der Waals surface area contributed by atoms with Crippen molar-refractivity contribution in [3.63, 3.8) is 0 Å². The van der Waals surface area contributed by atoms with Crippen molar-refractivity contribution in [3.05, 3.63) is 91.5 Å². The minimum Gasteiger partial charge on any atom is -0.396 e. The maximum atomic E-state index is 14.7. The molecule has 1 spiro atoms. The van der Waals surface area contributed by atoms with Crippen LogP contribution in [0, 0.1) is 11.8 Å². The van der Waals surface area contributed by atoms with Crippen LogP contribution in [0.3, 0.4) is 0 Å². The Labute approximate surface area is 259 Å². The number of nitrogens with zero attached hydrogens (tertiary/aromatic N) is 3. The molecule has 5 rings (SSSR count). The van der Waals surface area contributed by atoms with Crippen molar-refractivity contribution >= 4 is 35.2 Å². The number of benzene rings is 2. The molecule has 2 aromatic carbocycles. The first-order valence-corrected chi connectivity index (χ1v) is 16.2. The summed E-state index contributed by atoms with van der Waals surface area (Å²) in [6, 6.07) is 18.7. The lowest BCUT2D eigenvalue weighted by Crippen LogP contribution is -2.55. The lowest BCUT2D eigenvalue weighted by Gasteiger charge is -2.38. The first-order valence-electron chi connectivity index (χ1n) is 15.3. The number of rotatable bonds is 14. The van der Waals surface area contributed by atoms with E-state index in [1.807, 2.05) is 60.7 Å². The van der Waals surface area contributed by atoms with E-state index >= 15 is 0 Å². The molecular weight excluding hydrogens is 558 g/mol. The first-order chi connectivity index (χ1) is 20.8. The van der Waals surface area contributed by atoms with Gasteiger partial charge in [0, 0.05) is 43.2 Å². The van der Waals surface area contributed by atoms with Gasteiger partial charge in [0.05, 0.1) is 16.6 Å². The minimum atomic E-state index is -0.688. The van der Waals surface area contributed by atoms with Crippen molar-refractivity contribution in [1.82, 2.24) is 9.80 Å². The highest BCUT2D eigenvalue weighted by Gasteiger charge is 2.77. The summed E-state index contributed by atoms with van der Waals surface area (Å²) < 4.78 is -1.15. The Morgan fingerprint density at radius 2 is 1.65 bits per heavy atom. The highest BCUT2D eigenvalue weighted by Crippen LogP contribution is 2.71. The van der Waals surface area contributed by atoms with Gasteiger partial charge in [-0.15, -0.1) is 24.9 Å². The van der Waals surface area contributed by atoms with Crippen LogP contribution in [0.5, 0.6) is 0 Å². The Bertz CT molecular complexity index is 1340. The molecule has 0 aromatic heterocycles. The summed E-state index contributed by atoms with van der Waals surface area (Å²) >= 11 is 1.70. The lowest BCUT2D eigenvalue weighted by molar-refractivity contribution is -0.143. The summed E-state index contributed by atoms with van der Waals surface area (Å²) in [7, 11) is 0. The quantitative estimate of drug-likeness (QED) is 0.242. The highest BCUT2D eigenvalue weighted by molar-refractivity contribution is 8.02. The number of carbonyl (C=O) groups is 3. The average molecular weight is 602 g/mol. The van der Waals surface area contributed by atoms with Crippen molar-refractivity contribution in [2.75, 3.05) is 31.1 Å². The molecule has 1 N–H and O–H groups in total. The molecule has 8 heteroatoms. The zero-order chi connectivity index (χ0) is 30.6. The molecule has 3 heterocycles. The number of thioether (sulfide) groups is 1. The largest absolute Gasteiger partial charge is 0.396 e. The SMILES string of the molecule is C=CCN(Cc1ccccc1)C(=O)C1N(CCCCCO)C(=O)[C@@H]2[C@@H](C(=O)N(CC=C)c3ccccc3)[C@@]3(C)CCC12S3. The van der Waals surface area contributed by atoms with Crippen LogP contribution in [-0.2, 0) is 20.9 Å². The molecule has 3 amide bonds. The van der Waals surface area contributed by atoms with Gasteiger partial charge in [0.25, 0.3) is 0 Å². The first kappa shape index (κ1) is 31.1. The Morgan fingerprint density at radius 1 is 0.977 bits per heavy atom. The molecule has 3 saturated heterocycles. The number of anilines is 1. The number of hydrogen-bond donors (Lipinski definition) is 1. The molecule has 3 fully saturated rings. The second-order valence-electron chi connectivity index (χ2n) is 12.1. The maximum absolute atomic E-state index is 14.7. The van der Waals surface area contributed by atoms with Gasteiger partial charge in [-0.2, -0.15) is 0 Å². The van der Waals surface area contributed by atoms with Gasteiger partial charge >= 0.3 is 0 Å². The van der Waals surface area contributed by atoms with Gasteiger partial charge in [-0.05, 0) is 56.7 Å². The molecule has 3 aliphatic rings. The zero-order valence-corrected chi connectivity index (χ0v) is 25.9. The summed E-state index contributed by atoms with van der Waals surface area (Å²) in [5.41, 5.74) is 1.79. The third-order valence-electron chi connectivity index (χ3n) is 9.36. The van der Waals surface area contributed by atoms with Crippen LogP contribution in [0.15, 0.2) is 86.0 Å².